The number of carbonyl (C=O) groups excluding carboxylic acids is 1. The lowest BCUT2D eigenvalue weighted by Crippen LogP contribution is -2.31. The number of benzene rings is 2. The van der Waals surface area contributed by atoms with Gasteiger partial charge in [0.15, 0.2) is 6.61 Å². The van der Waals surface area contributed by atoms with Crippen molar-refractivity contribution in [3.05, 3.63) is 64.7 Å². The molecule has 0 fully saturated rings. The van der Waals surface area contributed by atoms with Crippen LogP contribution in [0.15, 0.2) is 42.5 Å². The molecule has 0 spiro atoms. The molecule has 1 unspecified atom stereocenters. The van der Waals surface area contributed by atoms with Crippen molar-refractivity contribution in [1.29, 1.82) is 0 Å². The van der Waals surface area contributed by atoms with Crippen molar-refractivity contribution < 1.29 is 9.53 Å². The van der Waals surface area contributed by atoms with Gasteiger partial charge in [0, 0.05) is 0 Å². The van der Waals surface area contributed by atoms with E-state index in [1.54, 1.807) is 0 Å². The molecule has 0 heterocycles. The fourth-order valence-electron chi connectivity index (χ4n) is 3.36. The third-order valence-electron chi connectivity index (χ3n) is 4.96. The van der Waals surface area contributed by atoms with Crippen LogP contribution in [0.3, 0.4) is 0 Å². The van der Waals surface area contributed by atoms with E-state index in [0.717, 1.165) is 30.6 Å². The number of nitrogens with one attached hydrogen (secondary N) is 1. The van der Waals surface area contributed by atoms with Gasteiger partial charge in [-0.15, -0.1) is 0 Å². The maximum Gasteiger partial charge on any atom is 0.258 e. The Morgan fingerprint density at radius 2 is 1.80 bits per heavy atom. The van der Waals surface area contributed by atoms with Crippen LogP contribution in [0.1, 0.15) is 55.0 Å². The van der Waals surface area contributed by atoms with Crippen LogP contribution in [0.25, 0.3) is 0 Å². The van der Waals surface area contributed by atoms with Crippen LogP contribution >= 0.6 is 0 Å². The minimum Gasteiger partial charge on any atom is -0.484 e. The lowest BCUT2D eigenvalue weighted by Gasteiger charge is -2.17. The Bertz CT molecular complexity index is 721. The Kier molecular flexibility index (Phi) is 5.75. The van der Waals surface area contributed by atoms with E-state index in [0.29, 0.717) is 0 Å². The van der Waals surface area contributed by atoms with Gasteiger partial charge in [-0.1, -0.05) is 37.3 Å². The maximum absolute atomic E-state index is 12.2. The molecule has 1 amide bonds. The van der Waals surface area contributed by atoms with Crippen LogP contribution in [0, 0.1) is 0 Å². The fraction of sp³-hybridized carbons (Fsp3) is 0.409. The molecule has 0 radical (unpaired) electrons. The van der Waals surface area contributed by atoms with Crippen LogP contribution in [0.4, 0.5) is 0 Å². The van der Waals surface area contributed by atoms with Crippen molar-refractivity contribution in [3.8, 4) is 5.75 Å². The maximum atomic E-state index is 12.2. The quantitative estimate of drug-likeness (QED) is 0.849. The number of amides is 1. The summed E-state index contributed by atoms with van der Waals surface area (Å²) in [6.07, 6.45) is 5.81. The number of fused-ring (bicyclic) bond motifs is 1. The second-order valence-corrected chi connectivity index (χ2v) is 6.81. The summed E-state index contributed by atoms with van der Waals surface area (Å²) in [5.41, 5.74) is 5.21. The molecule has 1 N–H and O–H groups in total. The zero-order valence-electron chi connectivity index (χ0n) is 15.2. The predicted molar refractivity (Wildman–Crippen MR) is 101 cm³/mol. The molecular weight excluding hydrogens is 310 g/mol. The first-order valence-corrected chi connectivity index (χ1v) is 9.28. The van der Waals surface area contributed by atoms with Gasteiger partial charge in [-0.05, 0) is 73.4 Å². The first-order chi connectivity index (χ1) is 12.2. The van der Waals surface area contributed by atoms with Crippen molar-refractivity contribution in [1.82, 2.24) is 5.32 Å². The Hall–Kier alpha value is -2.29. The summed E-state index contributed by atoms with van der Waals surface area (Å²) in [6.45, 7) is 4.19. The van der Waals surface area contributed by atoms with Gasteiger partial charge in [0.25, 0.3) is 5.91 Å². The van der Waals surface area contributed by atoms with Crippen LogP contribution < -0.4 is 10.1 Å². The smallest absolute Gasteiger partial charge is 0.258 e. The average molecular weight is 337 g/mol. The van der Waals surface area contributed by atoms with Crippen LogP contribution in [0.5, 0.6) is 5.75 Å². The third kappa shape index (κ3) is 4.62. The molecule has 0 bridgehead atoms. The van der Waals surface area contributed by atoms with Gasteiger partial charge in [0.2, 0.25) is 0 Å². The van der Waals surface area contributed by atoms with E-state index in [9.17, 15) is 4.79 Å². The highest BCUT2D eigenvalue weighted by atomic mass is 16.5. The van der Waals surface area contributed by atoms with E-state index in [1.165, 1.54) is 29.5 Å². The number of rotatable bonds is 6. The van der Waals surface area contributed by atoms with Crippen LogP contribution in [0.2, 0.25) is 0 Å². The van der Waals surface area contributed by atoms with Gasteiger partial charge in [0.1, 0.15) is 5.75 Å². The standard InChI is InChI=1S/C22H27NO2/c1-3-17-8-10-18(11-9-17)16(2)23-22(24)15-25-21-13-12-19-6-4-5-7-20(19)14-21/h8-14,16H,3-7,15H2,1-2H3,(H,23,24). The molecule has 2 aromatic carbocycles. The highest BCUT2D eigenvalue weighted by Crippen LogP contribution is 2.25. The molecule has 2 aromatic rings. The number of carbonyl (C=O) groups is 1. The molecule has 0 aromatic heterocycles. The Morgan fingerprint density at radius 1 is 1.08 bits per heavy atom. The largest absolute Gasteiger partial charge is 0.484 e. The van der Waals surface area contributed by atoms with Crippen molar-refractivity contribution in [3.63, 3.8) is 0 Å². The number of hydrogen-bond acceptors (Lipinski definition) is 2. The molecule has 0 saturated carbocycles. The van der Waals surface area contributed by atoms with Gasteiger partial charge in [-0.2, -0.15) is 0 Å². The van der Waals surface area contributed by atoms with Gasteiger partial charge >= 0.3 is 0 Å². The van der Waals surface area contributed by atoms with E-state index in [-0.39, 0.29) is 18.6 Å². The lowest BCUT2D eigenvalue weighted by molar-refractivity contribution is -0.123. The molecule has 0 aliphatic heterocycles. The van der Waals surface area contributed by atoms with Crippen molar-refractivity contribution in [2.24, 2.45) is 0 Å². The summed E-state index contributed by atoms with van der Waals surface area (Å²) in [5.74, 6) is 0.695. The molecule has 3 heteroatoms. The summed E-state index contributed by atoms with van der Waals surface area (Å²) in [4.78, 5) is 12.2. The van der Waals surface area contributed by atoms with Crippen molar-refractivity contribution in [2.45, 2.75) is 52.0 Å². The minimum atomic E-state index is -0.0928. The van der Waals surface area contributed by atoms with Gasteiger partial charge in [0.05, 0.1) is 6.04 Å². The first kappa shape index (κ1) is 17.5. The topological polar surface area (TPSA) is 38.3 Å². The van der Waals surface area contributed by atoms with Crippen LogP contribution in [-0.4, -0.2) is 12.5 Å². The monoisotopic (exact) mass is 337 g/mol. The predicted octanol–water partition coefficient (Wildman–Crippen LogP) is 4.38. The van der Waals surface area contributed by atoms with E-state index in [1.807, 2.05) is 13.0 Å². The Morgan fingerprint density at radius 3 is 2.52 bits per heavy atom. The zero-order valence-corrected chi connectivity index (χ0v) is 15.2. The average Bonchev–Trinajstić information content (AvgIpc) is 2.66. The van der Waals surface area contributed by atoms with Gasteiger partial charge in [-0.3, -0.25) is 4.79 Å². The summed E-state index contributed by atoms with van der Waals surface area (Å²) < 4.78 is 5.70. The van der Waals surface area contributed by atoms with E-state index in [4.69, 9.17) is 4.74 Å². The molecule has 132 valence electrons. The summed E-state index contributed by atoms with van der Waals surface area (Å²) in [7, 11) is 0. The van der Waals surface area contributed by atoms with E-state index < -0.39 is 0 Å². The molecule has 1 atom stereocenters. The Balaban J connectivity index is 1.52. The minimum absolute atomic E-state index is 0.0226. The molecule has 1 aliphatic rings. The molecule has 0 saturated heterocycles. The van der Waals surface area contributed by atoms with E-state index in [2.05, 4.69) is 48.6 Å². The van der Waals surface area contributed by atoms with Gasteiger partial charge in [-0.25, -0.2) is 0 Å². The summed E-state index contributed by atoms with van der Waals surface area (Å²) in [6, 6.07) is 14.6. The normalized spacial score (nSPS) is 14.5. The molecule has 1 aliphatic carbocycles. The second kappa shape index (κ2) is 8.19. The molecule has 3 rings (SSSR count). The highest BCUT2D eigenvalue weighted by Gasteiger charge is 2.12. The van der Waals surface area contributed by atoms with Crippen LogP contribution in [-0.2, 0) is 24.1 Å². The van der Waals surface area contributed by atoms with Crippen molar-refractivity contribution >= 4 is 5.91 Å². The third-order valence-corrected chi connectivity index (χ3v) is 4.96. The lowest BCUT2D eigenvalue weighted by atomic mass is 9.92. The molecule has 25 heavy (non-hydrogen) atoms. The van der Waals surface area contributed by atoms with Gasteiger partial charge < -0.3 is 10.1 Å². The SMILES string of the molecule is CCc1ccc(C(C)NC(=O)COc2ccc3c(c2)CCCC3)cc1. The molecule has 3 nitrogen and oxygen atoms in total. The zero-order chi connectivity index (χ0) is 17.6. The summed E-state index contributed by atoms with van der Waals surface area (Å²) >= 11 is 0. The highest BCUT2D eigenvalue weighted by molar-refractivity contribution is 5.78. The summed E-state index contributed by atoms with van der Waals surface area (Å²) in [5, 5.41) is 3.00. The van der Waals surface area contributed by atoms with Crippen molar-refractivity contribution in [2.75, 3.05) is 6.61 Å². The number of aryl methyl sites for hydroxylation is 3. The second-order valence-electron chi connectivity index (χ2n) is 6.81. The molecular formula is C22H27NO2. The fourth-order valence-corrected chi connectivity index (χ4v) is 3.36. The van der Waals surface area contributed by atoms with E-state index >= 15 is 0 Å². The number of ether oxygens (including phenoxy) is 1. The Labute approximate surface area is 150 Å². The first-order valence-electron chi connectivity index (χ1n) is 9.28. The number of hydrogen-bond donors (Lipinski definition) is 1.